The van der Waals surface area contributed by atoms with Crippen LogP contribution in [0, 0.1) is 13.8 Å². The molecule has 5 nitrogen and oxygen atoms in total. The first-order valence-electron chi connectivity index (χ1n) is 6.70. The second-order valence-electron chi connectivity index (χ2n) is 4.73. The van der Waals surface area contributed by atoms with Crippen LogP contribution in [-0.4, -0.2) is 26.4 Å². The third-order valence-electron chi connectivity index (χ3n) is 3.02. The Morgan fingerprint density at radius 2 is 2.23 bits per heavy atom. The molecule has 0 aliphatic heterocycles. The van der Waals surface area contributed by atoms with Gasteiger partial charge in [-0.1, -0.05) is 35.5 Å². The van der Waals surface area contributed by atoms with Crippen molar-refractivity contribution >= 4 is 35.0 Å². The largest absolute Gasteiger partial charge is 0.325 e. The monoisotopic (exact) mass is 336 g/mol. The van der Waals surface area contributed by atoms with Crippen LogP contribution in [0.3, 0.4) is 0 Å². The first-order chi connectivity index (χ1) is 10.5. The number of nitrogens with zero attached hydrogens (tertiary/aromatic N) is 3. The molecule has 0 saturated heterocycles. The van der Waals surface area contributed by atoms with Crippen molar-refractivity contribution in [1.82, 2.24) is 14.8 Å². The number of halogens is 1. The Hall–Kier alpha value is -1.79. The molecular weight excluding hydrogens is 320 g/mol. The van der Waals surface area contributed by atoms with Crippen molar-refractivity contribution in [2.75, 3.05) is 11.1 Å². The number of amides is 1. The highest BCUT2D eigenvalue weighted by atomic mass is 35.5. The lowest BCUT2D eigenvalue weighted by Gasteiger charge is -2.09. The Balaban J connectivity index is 1.98. The lowest BCUT2D eigenvalue weighted by atomic mass is 10.2. The fraction of sp³-hybridized carbons (Fsp3) is 0.267. The molecule has 0 spiro atoms. The molecule has 116 valence electrons. The molecule has 7 heteroatoms. The van der Waals surface area contributed by atoms with Crippen molar-refractivity contribution < 1.29 is 4.79 Å². The van der Waals surface area contributed by atoms with Crippen LogP contribution in [0.5, 0.6) is 0 Å². The van der Waals surface area contributed by atoms with Gasteiger partial charge in [-0.05, 0) is 31.5 Å². The standard InChI is InChI=1S/C15H17ClN4OS/c1-4-7-20-11(3)18-19-15(20)22-9-14(21)17-13-8-12(16)6-5-10(13)2/h4-6,8H,1,7,9H2,2-3H3,(H,17,21). The van der Waals surface area contributed by atoms with Crippen molar-refractivity contribution in [3.8, 4) is 0 Å². The molecule has 0 bridgehead atoms. The quantitative estimate of drug-likeness (QED) is 0.648. The highest BCUT2D eigenvalue weighted by molar-refractivity contribution is 7.99. The number of nitrogens with one attached hydrogen (secondary N) is 1. The molecule has 1 heterocycles. The predicted molar refractivity (Wildman–Crippen MR) is 90.5 cm³/mol. The van der Waals surface area contributed by atoms with Crippen LogP contribution in [0.2, 0.25) is 5.02 Å². The van der Waals surface area contributed by atoms with Gasteiger partial charge in [0.2, 0.25) is 5.91 Å². The van der Waals surface area contributed by atoms with Crippen LogP contribution in [0.4, 0.5) is 5.69 Å². The molecule has 1 aromatic heterocycles. The van der Waals surface area contributed by atoms with Crippen molar-refractivity contribution in [3.05, 3.63) is 47.3 Å². The number of aromatic nitrogens is 3. The van der Waals surface area contributed by atoms with E-state index in [-0.39, 0.29) is 11.7 Å². The molecule has 0 radical (unpaired) electrons. The van der Waals surface area contributed by atoms with Gasteiger partial charge in [0.15, 0.2) is 5.16 Å². The number of anilines is 1. The smallest absolute Gasteiger partial charge is 0.234 e. The molecule has 0 unspecified atom stereocenters. The normalized spacial score (nSPS) is 10.5. The zero-order valence-corrected chi connectivity index (χ0v) is 14.0. The zero-order valence-electron chi connectivity index (χ0n) is 12.5. The van der Waals surface area contributed by atoms with Crippen molar-refractivity contribution in [3.63, 3.8) is 0 Å². The van der Waals surface area contributed by atoms with Gasteiger partial charge in [-0.3, -0.25) is 4.79 Å². The number of carbonyl (C=O) groups excluding carboxylic acids is 1. The molecule has 0 aliphatic carbocycles. The molecule has 1 N–H and O–H groups in total. The summed E-state index contributed by atoms with van der Waals surface area (Å²) in [6, 6.07) is 5.40. The maximum Gasteiger partial charge on any atom is 0.234 e. The number of hydrogen-bond donors (Lipinski definition) is 1. The van der Waals surface area contributed by atoms with Gasteiger partial charge in [-0.2, -0.15) is 0 Å². The minimum Gasteiger partial charge on any atom is -0.325 e. The van der Waals surface area contributed by atoms with Gasteiger partial charge >= 0.3 is 0 Å². The summed E-state index contributed by atoms with van der Waals surface area (Å²) < 4.78 is 1.91. The Labute approximate surface area is 138 Å². The summed E-state index contributed by atoms with van der Waals surface area (Å²) in [6.07, 6.45) is 1.77. The molecule has 0 aliphatic rings. The summed E-state index contributed by atoms with van der Waals surface area (Å²) in [6.45, 7) is 8.12. The minimum atomic E-state index is -0.110. The average Bonchev–Trinajstić information content (AvgIpc) is 2.82. The molecule has 0 saturated carbocycles. The van der Waals surface area contributed by atoms with E-state index < -0.39 is 0 Å². The predicted octanol–water partition coefficient (Wildman–Crippen LogP) is 3.47. The lowest BCUT2D eigenvalue weighted by Crippen LogP contribution is -2.15. The van der Waals surface area contributed by atoms with Gasteiger partial charge in [0.05, 0.1) is 5.75 Å². The van der Waals surface area contributed by atoms with E-state index in [2.05, 4.69) is 22.1 Å². The number of carbonyl (C=O) groups is 1. The number of rotatable bonds is 6. The number of aryl methyl sites for hydroxylation is 2. The summed E-state index contributed by atoms with van der Waals surface area (Å²) >= 11 is 7.29. The van der Waals surface area contributed by atoms with E-state index in [1.54, 1.807) is 18.2 Å². The second kappa shape index (κ2) is 7.47. The molecule has 2 aromatic rings. The second-order valence-corrected chi connectivity index (χ2v) is 6.10. The molecule has 1 aromatic carbocycles. The van der Waals surface area contributed by atoms with Gasteiger partial charge in [0.1, 0.15) is 5.82 Å². The molecule has 0 atom stereocenters. The Bertz CT molecular complexity index is 699. The summed E-state index contributed by atoms with van der Waals surface area (Å²) in [5.74, 6) is 0.941. The van der Waals surface area contributed by atoms with Crippen LogP contribution in [0.15, 0.2) is 36.0 Å². The van der Waals surface area contributed by atoms with E-state index in [0.717, 1.165) is 17.1 Å². The van der Waals surface area contributed by atoms with E-state index in [9.17, 15) is 4.79 Å². The fourth-order valence-electron chi connectivity index (χ4n) is 1.85. The summed E-state index contributed by atoms with van der Waals surface area (Å²) in [5.41, 5.74) is 1.69. The number of benzene rings is 1. The number of allylic oxidation sites excluding steroid dienone is 1. The van der Waals surface area contributed by atoms with E-state index >= 15 is 0 Å². The molecule has 22 heavy (non-hydrogen) atoms. The van der Waals surface area contributed by atoms with E-state index in [1.165, 1.54) is 11.8 Å². The lowest BCUT2D eigenvalue weighted by molar-refractivity contribution is -0.113. The maximum atomic E-state index is 12.1. The van der Waals surface area contributed by atoms with Crippen LogP contribution < -0.4 is 5.32 Å². The summed E-state index contributed by atoms with van der Waals surface area (Å²) in [4.78, 5) is 12.1. The van der Waals surface area contributed by atoms with Gasteiger partial charge in [0.25, 0.3) is 0 Å². The van der Waals surface area contributed by atoms with Crippen molar-refractivity contribution in [2.24, 2.45) is 0 Å². The number of hydrogen-bond acceptors (Lipinski definition) is 4. The van der Waals surface area contributed by atoms with Crippen molar-refractivity contribution in [1.29, 1.82) is 0 Å². The van der Waals surface area contributed by atoms with Gasteiger partial charge in [0, 0.05) is 17.3 Å². The third kappa shape index (κ3) is 4.11. The first-order valence-corrected chi connectivity index (χ1v) is 8.07. The van der Waals surface area contributed by atoms with Gasteiger partial charge in [-0.15, -0.1) is 16.8 Å². The number of thioether (sulfide) groups is 1. The summed E-state index contributed by atoms with van der Waals surface area (Å²) in [7, 11) is 0. The van der Waals surface area contributed by atoms with Crippen LogP contribution in [-0.2, 0) is 11.3 Å². The maximum absolute atomic E-state index is 12.1. The highest BCUT2D eigenvalue weighted by Crippen LogP contribution is 2.21. The Morgan fingerprint density at radius 3 is 2.95 bits per heavy atom. The minimum absolute atomic E-state index is 0.110. The first kappa shape index (κ1) is 16.6. The molecule has 1 amide bonds. The Morgan fingerprint density at radius 1 is 1.45 bits per heavy atom. The highest BCUT2D eigenvalue weighted by Gasteiger charge is 2.11. The third-order valence-corrected chi connectivity index (χ3v) is 4.22. The van der Waals surface area contributed by atoms with Crippen molar-refractivity contribution in [2.45, 2.75) is 25.5 Å². The van der Waals surface area contributed by atoms with Crippen LogP contribution >= 0.6 is 23.4 Å². The summed E-state index contributed by atoms with van der Waals surface area (Å²) in [5, 5.41) is 12.2. The Kier molecular flexibility index (Phi) is 5.63. The van der Waals surface area contributed by atoms with E-state index in [1.807, 2.05) is 24.5 Å². The van der Waals surface area contributed by atoms with Crippen LogP contribution in [0.25, 0.3) is 0 Å². The fourth-order valence-corrected chi connectivity index (χ4v) is 2.82. The van der Waals surface area contributed by atoms with Crippen LogP contribution in [0.1, 0.15) is 11.4 Å². The van der Waals surface area contributed by atoms with E-state index in [4.69, 9.17) is 11.6 Å². The topological polar surface area (TPSA) is 59.8 Å². The van der Waals surface area contributed by atoms with E-state index in [0.29, 0.717) is 16.7 Å². The molecular formula is C15H17ClN4OS. The van der Waals surface area contributed by atoms with Gasteiger partial charge < -0.3 is 9.88 Å². The molecule has 0 fully saturated rings. The molecule has 2 rings (SSSR count). The average molecular weight is 337 g/mol. The SMILES string of the molecule is C=CCn1c(C)nnc1SCC(=O)Nc1cc(Cl)ccc1C. The van der Waals surface area contributed by atoms with Gasteiger partial charge in [-0.25, -0.2) is 0 Å². The zero-order chi connectivity index (χ0) is 16.1.